The van der Waals surface area contributed by atoms with E-state index in [9.17, 15) is 23.6 Å². The summed E-state index contributed by atoms with van der Waals surface area (Å²) in [6.45, 7) is 0.278. The molecule has 1 atom stereocenters. The van der Waals surface area contributed by atoms with E-state index >= 15 is 0 Å². The Hall–Kier alpha value is -1.58. The van der Waals surface area contributed by atoms with E-state index in [1.165, 1.54) is 0 Å². The maximum atomic E-state index is 12.1. The van der Waals surface area contributed by atoms with Crippen LogP contribution in [-0.2, 0) is 10.0 Å². The molecule has 9 heteroatoms. The molecule has 0 aromatic carbocycles. The summed E-state index contributed by atoms with van der Waals surface area (Å²) in [5, 5.41) is 19.7. The van der Waals surface area contributed by atoms with Crippen LogP contribution in [0, 0.1) is 10.1 Å². The van der Waals surface area contributed by atoms with Crippen LogP contribution in [0.4, 0.5) is 5.82 Å². The lowest BCUT2D eigenvalue weighted by molar-refractivity contribution is -0.389. The van der Waals surface area contributed by atoms with Gasteiger partial charge in [0, 0.05) is 19.2 Å². The predicted molar refractivity (Wildman–Crippen MR) is 60.3 cm³/mol. The van der Waals surface area contributed by atoms with Gasteiger partial charge in [-0.05, 0) is 22.4 Å². The third kappa shape index (κ3) is 2.33. The number of aliphatic hydroxyl groups is 1. The quantitative estimate of drug-likeness (QED) is 0.599. The summed E-state index contributed by atoms with van der Waals surface area (Å²) >= 11 is 0. The zero-order valence-corrected chi connectivity index (χ0v) is 10.1. The average Bonchev–Trinajstić information content (AvgIpc) is 2.76. The fourth-order valence-corrected chi connectivity index (χ4v) is 3.15. The van der Waals surface area contributed by atoms with E-state index in [0.717, 1.165) is 22.6 Å². The van der Waals surface area contributed by atoms with Gasteiger partial charge in [-0.3, -0.25) is 0 Å². The SMILES string of the molecule is O=[N+]([O-])c1ccc(S(=O)(=O)N2CC[C@H](O)C2)cn1. The lowest BCUT2D eigenvalue weighted by Gasteiger charge is -2.14. The monoisotopic (exact) mass is 273 g/mol. The van der Waals surface area contributed by atoms with Gasteiger partial charge in [-0.1, -0.05) is 0 Å². The molecular weight excluding hydrogens is 262 g/mol. The first kappa shape index (κ1) is 12.9. The minimum Gasteiger partial charge on any atom is -0.392 e. The van der Waals surface area contributed by atoms with Gasteiger partial charge >= 0.3 is 5.82 Å². The van der Waals surface area contributed by atoms with Crippen molar-refractivity contribution in [2.45, 2.75) is 17.4 Å². The molecule has 2 rings (SSSR count). The Morgan fingerprint density at radius 2 is 2.22 bits per heavy atom. The van der Waals surface area contributed by atoms with Crippen molar-refractivity contribution in [2.75, 3.05) is 13.1 Å². The standard InChI is InChI=1S/C9H11N3O5S/c13-7-3-4-11(6-7)18(16,17)8-1-2-9(10-5-8)12(14)15/h1-2,5,7,13H,3-4,6H2/t7-/m0/s1. The second-order valence-corrected chi connectivity index (χ2v) is 5.85. The Balaban J connectivity index is 2.27. The molecule has 98 valence electrons. The van der Waals surface area contributed by atoms with Crippen LogP contribution in [0.15, 0.2) is 23.2 Å². The molecule has 2 heterocycles. The molecule has 1 fully saturated rings. The molecule has 1 N–H and O–H groups in total. The van der Waals surface area contributed by atoms with Gasteiger partial charge in [0.15, 0.2) is 6.20 Å². The summed E-state index contributed by atoms with van der Waals surface area (Å²) in [6.07, 6.45) is 0.684. The maximum absolute atomic E-state index is 12.1. The number of aromatic nitrogens is 1. The lowest BCUT2D eigenvalue weighted by atomic mass is 10.3. The Bertz CT molecular complexity index is 556. The van der Waals surface area contributed by atoms with E-state index in [2.05, 4.69) is 4.98 Å². The van der Waals surface area contributed by atoms with Crippen molar-refractivity contribution >= 4 is 15.8 Å². The third-order valence-corrected chi connectivity index (χ3v) is 4.52. The van der Waals surface area contributed by atoms with Gasteiger partial charge in [0.1, 0.15) is 4.90 Å². The minimum atomic E-state index is -3.73. The molecule has 0 bridgehead atoms. The Morgan fingerprint density at radius 3 is 2.67 bits per heavy atom. The molecule has 1 aromatic rings. The summed E-state index contributed by atoms with van der Waals surface area (Å²) in [5.74, 6) is -0.407. The fraction of sp³-hybridized carbons (Fsp3) is 0.444. The second kappa shape index (κ2) is 4.59. The first-order valence-electron chi connectivity index (χ1n) is 5.20. The summed E-state index contributed by atoms with van der Waals surface area (Å²) in [4.78, 5) is 13.1. The zero-order valence-electron chi connectivity index (χ0n) is 9.26. The number of nitrogens with zero attached hydrogens (tertiary/aromatic N) is 3. The first-order valence-corrected chi connectivity index (χ1v) is 6.64. The van der Waals surface area contributed by atoms with Crippen LogP contribution in [0.25, 0.3) is 0 Å². The number of hydrogen-bond donors (Lipinski definition) is 1. The maximum Gasteiger partial charge on any atom is 0.363 e. The highest BCUT2D eigenvalue weighted by Gasteiger charge is 2.32. The van der Waals surface area contributed by atoms with Gasteiger partial charge < -0.3 is 15.2 Å². The third-order valence-electron chi connectivity index (χ3n) is 2.67. The van der Waals surface area contributed by atoms with Crippen LogP contribution in [-0.4, -0.2) is 46.9 Å². The van der Waals surface area contributed by atoms with Gasteiger partial charge in [0.25, 0.3) is 0 Å². The highest BCUT2D eigenvalue weighted by molar-refractivity contribution is 7.89. The number of rotatable bonds is 3. The van der Waals surface area contributed by atoms with Crippen molar-refractivity contribution < 1.29 is 18.4 Å². The highest BCUT2D eigenvalue weighted by Crippen LogP contribution is 2.21. The molecule has 1 aliphatic heterocycles. The van der Waals surface area contributed by atoms with Gasteiger partial charge in [0.05, 0.1) is 6.10 Å². The van der Waals surface area contributed by atoms with E-state index in [-0.39, 0.29) is 18.0 Å². The van der Waals surface area contributed by atoms with Crippen molar-refractivity contribution in [1.29, 1.82) is 0 Å². The molecule has 1 saturated heterocycles. The topological polar surface area (TPSA) is 114 Å². The van der Waals surface area contributed by atoms with Crippen LogP contribution < -0.4 is 0 Å². The summed E-state index contributed by atoms with van der Waals surface area (Å²) in [7, 11) is -3.73. The smallest absolute Gasteiger partial charge is 0.363 e. The molecule has 0 amide bonds. The molecular formula is C9H11N3O5S. The van der Waals surface area contributed by atoms with E-state index in [1.807, 2.05) is 0 Å². The Labute approximate surface area is 103 Å². The van der Waals surface area contributed by atoms with Crippen molar-refractivity contribution in [2.24, 2.45) is 0 Å². The number of pyridine rings is 1. The Morgan fingerprint density at radius 1 is 1.50 bits per heavy atom. The van der Waals surface area contributed by atoms with Crippen LogP contribution in [0.1, 0.15) is 6.42 Å². The molecule has 0 unspecified atom stereocenters. The molecule has 0 radical (unpaired) electrons. The molecule has 1 aromatic heterocycles. The van der Waals surface area contributed by atoms with Crippen LogP contribution in [0.2, 0.25) is 0 Å². The van der Waals surface area contributed by atoms with Crippen molar-refractivity contribution in [1.82, 2.24) is 9.29 Å². The zero-order chi connectivity index (χ0) is 13.3. The Kier molecular flexibility index (Phi) is 3.28. The van der Waals surface area contributed by atoms with Gasteiger partial charge in [-0.2, -0.15) is 4.31 Å². The van der Waals surface area contributed by atoms with E-state index < -0.39 is 26.9 Å². The number of hydrogen-bond acceptors (Lipinski definition) is 6. The number of aliphatic hydroxyl groups excluding tert-OH is 1. The normalized spacial score (nSPS) is 21.1. The number of β-amino-alcohol motifs (C(OH)–C–C–N with tert-alkyl or cyclic N) is 1. The van der Waals surface area contributed by atoms with Crippen LogP contribution in [0.5, 0.6) is 0 Å². The van der Waals surface area contributed by atoms with E-state index in [0.29, 0.717) is 6.42 Å². The number of nitro groups is 1. The molecule has 1 aliphatic rings. The van der Waals surface area contributed by atoms with Crippen molar-refractivity contribution in [3.63, 3.8) is 0 Å². The largest absolute Gasteiger partial charge is 0.392 e. The molecule has 8 nitrogen and oxygen atoms in total. The average molecular weight is 273 g/mol. The predicted octanol–water partition coefficient (Wildman–Crippen LogP) is -0.255. The molecule has 0 aliphatic carbocycles. The lowest BCUT2D eigenvalue weighted by Crippen LogP contribution is -2.29. The van der Waals surface area contributed by atoms with E-state index in [4.69, 9.17) is 0 Å². The van der Waals surface area contributed by atoms with Gasteiger partial charge in [-0.25, -0.2) is 8.42 Å². The summed E-state index contributed by atoms with van der Waals surface area (Å²) < 4.78 is 25.3. The van der Waals surface area contributed by atoms with Crippen LogP contribution >= 0.6 is 0 Å². The first-order chi connectivity index (χ1) is 8.41. The van der Waals surface area contributed by atoms with Crippen molar-refractivity contribution in [3.05, 3.63) is 28.4 Å². The molecule has 18 heavy (non-hydrogen) atoms. The molecule has 0 saturated carbocycles. The summed E-state index contributed by atoms with van der Waals surface area (Å²) in [5.41, 5.74) is 0. The molecule has 0 spiro atoms. The second-order valence-electron chi connectivity index (χ2n) is 3.91. The summed E-state index contributed by atoms with van der Waals surface area (Å²) in [6, 6.07) is 2.19. The minimum absolute atomic E-state index is 0.0410. The van der Waals surface area contributed by atoms with E-state index in [1.54, 1.807) is 0 Å². The van der Waals surface area contributed by atoms with Crippen LogP contribution in [0.3, 0.4) is 0 Å². The highest BCUT2D eigenvalue weighted by atomic mass is 32.2. The number of sulfonamides is 1. The van der Waals surface area contributed by atoms with Gasteiger partial charge in [-0.15, -0.1) is 0 Å². The van der Waals surface area contributed by atoms with Gasteiger partial charge in [0.2, 0.25) is 10.0 Å². The van der Waals surface area contributed by atoms with Crippen molar-refractivity contribution in [3.8, 4) is 0 Å². The fourth-order valence-electron chi connectivity index (χ4n) is 1.71.